The predicted octanol–water partition coefficient (Wildman–Crippen LogP) is 9.53. The standard InChI is InChI=1S/C40H48O5/c1-5-6-26-43-40-28-38(36-17-13-33(14-18-36)10-8-27-44-45-30-31(2)29-42-4)23-24-39(40)37-21-19-35(20-22-37)34-15-11-32(12-16-34)9-7-25-41-3/h11-24,28H,2,5-10,25-27,29-30H2,1,3-4H3. The molecule has 4 aromatic rings. The molecule has 0 bridgehead atoms. The number of hydrogen-bond donors (Lipinski definition) is 0. The van der Waals surface area contributed by atoms with Crippen molar-refractivity contribution in [2.24, 2.45) is 0 Å². The average molecular weight is 609 g/mol. The first-order valence-corrected chi connectivity index (χ1v) is 16.1. The van der Waals surface area contributed by atoms with E-state index < -0.39 is 0 Å². The van der Waals surface area contributed by atoms with E-state index >= 15 is 0 Å². The van der Waals surface area contributed by atoms with Gasteiger partial charge >= 0.3 is 0 Å². The zero-order chi connectivity index (χ0) is 31.7. The molecule has 5 heteroatoms. The Kier molecular flexibility index (Phi) is 14.4. The Morgan fingerprint density at radius 1 is 0.556 bits per heavy atom. The summed E-state index contributed by atoms with van der Waals surface area (Å²) in [7, 11) is 3.39. The Morgan fingerprint density at radius 2 is 1.11 bits per heavy atom. The molecule has 4 rings (SSSR count). The molecule has 0 N–H and O–H groups in total. The van der Waals surface area contributed by atoms with Crippen LogP contribution in [0.3, 0.4) is 0 Å². The van der Waals surface area contributed by atoms with E-state index in [0.717, 1.165) is 73.1 Å². The fourth-order valence-electron chi connectivity index (χ4n) is 5.14. The summed E-state index contributed by atoms with van der Waals surface area (Å²) in [5, 5.41) is 0. The molecule has 0 amide bonds. The van der Waals surface area contributed by atoms with Crippen molar-refractivity contribution in [1.29, 1.82) is 0 Å². The molecule has 0 heterocycles. The summed E-state index contributed by atoms with van der Waals surface area (Å²) in [5.41, 5.74) is 10.5. The maximum atomic E-state index is 6.35. The summed E-state index contributed by atoms with van der Waals surface area (Å²) in [5.74, 6) is 0.920. The van der Waals surface area contributed by atoms with Crippen molar-refractivity contribution >= 4 is 0 Å². The van der Waals surface area contributed by atoms with E-state index in [1.165, 1.54) is 27.8 Å². The summed E-state index contributed by atoms with van der Waals surface area (Å²) >= 11 is 0. The normalized spacial score (nSPS) is 11.1. The number of methoxy groups -OCH3 is 2. The van der Waals surface area contributed by atoms with Gasteiger partial charge in [0, 0.05) is 26.4 Å². The average Bonchev–Trinajstić information content (AvgIpc) is 3.07. The van der Waals surface area contributed by atoms with Gasteiger partial charge in [-0.25, -0.2) is 9.78 Å². The van der Waals surface area contributed by atoms with Crippen LogP contribution in [-0.2, 0) is 32.1 Å². The van der Waals surface area contributed by atoms with Crippen LogP contribution in [0.4, 0.5) is 0 Å². The third-order valence-corrected chi connectivity index (χ3v) is 7.71. The van der Waals surface area contributed by atoms with Gasteiger partial charge in [0.15, 0.2) is 0 Å². The molecule has 0 saturated carbocycles. The smallest absolute Gasteiger partial charge is 0.127 e. The maximum Gasteiger partial charge on any atom is 0.127 e. The molecule has 0 unspecified atom stereocenters. The second-order valence-corrected chi connectivity index (χ2v) is 11.4. The fourth-order valence-corrected chi connectivity index (χ4v) is 5.14. The summed E-state index contributed by atoms with van der Waals surface area (Å²) in [6.45, 7) is 8.91. The summed E-state index contributed by atoms with van der Waals surface area (Å²) in [6.07, 6.45) is 5.98. The molecule has 0 aliphatic heterocycles. The quantitative estimate of drug-likeness (QED) is 0.0433. The number of aryl methyl sites for hydroxylation is 2. The number of benzene rings is 4. The molecule has 0 atom stereocenters. The van der Waals surface area contributed by atoms with E-state index in [4.69, 9.17) is 24.0 Å². The van der Waals surface area contributed by atoms with Crippen LogP contribution in [0.2, 0.25) is 0 Å². The van der Waals surface area contributed by atoms with Gasteiger partial charge in [0.2, 0.25) is 0 Å². The van der Waals surface area contributed by atoms with Gasteiger partial charge in [-0.3, -0.25) is 0 Å². The molecule has 0 aliphatic carbocycles. The monoisotopic (exact) mass is 608 g/mol. The van der Waals surface area contributed by atoms with Gasteiger partial charge in [-0.05, 0) is 82.7 Å². The van der Waals surface area contributed by atoms with Crippen LogP contribution in [0, 0.1) is 0 Å². The van der Waals surface area contributed by atoms with Crippen LogP contribution in [0.15, 0.2) is 103 Å². The number of rotatable bonds is 20. The van der Waals surface area contributed by atoms with E-state index in [1.807, 2.05) is 0 Å². The molecule has 4 aromatic carbocycles. The second kappa shape index (κ2) is 18.9. The van der Waals surface area contributed by atoms with Crippen molar-refractivity contribution in [1.82, 2.24) is 0 Å². The molecule has 0 radical (unpaired) electrons. The van der Waals surface area contributed by atoms with Gasteiger partial charge in [0.05, 0.1) is 19.8 Å². The minimum absolute atomic E-state index is 0.349. The maximum absolute atomic E-state index is 6.35. The van der Waals surface area contributed by atoms with Gasteiger partial charge in [0.25, 0.3) is 0 Å². The molecule has 0 aliphatic rings. The molecular weight excluding hydrogens is 560 g/mol. The number of hydrogen-bond acceptors (Lipinski definition) is 5. The van der Waals surface area contributed by atoms with Gasteiger partial charge in [-0.1, -0.05) is 105 Å². The lowest BCUT2D eigenvalue weighted by atomic mass is 9.96. The number of ether oxygens (including phenoxy) is 3. The predicted molar refractivity (Wildman–Crippen MR) is 185 cm³/mol. The fraction of sp³-hybridized carbons (Fsp3) is 0.350. The zero-order valence-corrected chi connectivity index (χ0v) is 27.2. The Bertz CT molecular complexity index is 1430. The summed E-state index contributed by atoms with van der Waals surface area (Å²) in [4.78, 5) is 10.5. The van der Waals surface area contributed by atoms with E-state index in [2.05, 4.69) is 104 Å². The first kappa shape index (κ1) is 34.1. The van der Waals surface area contributed by atoms with Crippen molar-refractivity contribution in [3.8, 4) is 39.1 Å². The molecule has 238 valence electrons. The first-order chi connectivity index (χ1) is 22.1. The highest BCUT2D eigenvalue weighted by atomic mass is 17.2. The lowest BCUT2D eigenvalue weighted by Crippen LogP contribution is -2.05. The Morgan fingerprint density at radius 3 is 1.71 bits per heavy atom. The van der Waals surface area contributed by atoms with Gasteiger partial charge < -0.3 is 14.2 Å². The molecule has 0 fully saturated rings. The summed E-state index contributed by atoms with van der Waals surface area (Å²) < 4.78 is 16.6. The van der Waals surface area contributed by atoms with E-state index in [0.29, 0.717) is 26.4 Å². The van der Waals surface area contributed by atoms with Crippen molar-refractivity contribution in [3.05, 3.63) is 114 Å². The third kappa shape index (κ3) is 11.0. The van der Waals surface area contributed by atoms with Crippen LogP contribution in [0.1, 0.15) is 43.7 Å². The minimum atomic E-state index is 0.349. The SMILES string of the molecule is C=C(COC)COOCCCc1ccc(-c2ccc(-c3ccc(-c4ccc(CCCOC)cc4)cc3)c(OCCCC)c2)cc1. The molecular formula is C40H48O5. The van der Waals surface area contributed by atoms with Crippen LogP contribution >= 0.6 is 0 Å². The lowest BCUT2D eigenvalue weighted by Gasteiger charge is -2.15. The van der Waals surface area contributed by atoms with Crippen molar-refractivity contribution in [2.75, 3.05) is 47.3 Å². The largest absolute Gasteiger partial charge is 0.493 e. The van der Waals surface area contributed by atoms with Crippen molar-refractivity contribution in [2.45, 2.75) is 45.4 Å². The highest BCUT2D eigenvalue weighted by Gasteiger charge is 2.11. The zero-order valence-electron chi connectivity index (χ0n) is 27.2. The minimum Gasteiger partial charge on any atom is -0.493 e. The van der Waals surface area contributed by atoms with Gasteiger partial charge in [-0.2, -0.15) is 0 Å². The topological polar surface area (TPSA) is 46.2 Å². The van der Waals surface area contributed by atoms with Crippen LogP contribution in [0.5, 0.6) is 5.75 Å². The second-order valence-electron chi connectivity index (χ2n) is 11.4. The third-order valence-electron chi connectivity index (χ3n) is 7.71. The summed E-state index contributed by atoms with van der Waals surface area (Å²) in [6, 6.07) is 33.0. The molecule has 0 saturated heterocycles. The van der Waals surface area contributed by atoms with Crippen LogP contribution in [-0.4, -0.2) is 47.3 Å². The van der Waals surface area contributed by atoms with E-state index in [-0.39, 0.29) is 0 Å². The van der Waals surface area contributed by atoms with Crippen LogP contribution < -0.4 is 4.74 Å². The van der Waals surface area contributed by atoms with Gasteiger partial charge in [0.1, 0.15) is 12.4 Å². The highest BCUT2D eigenvalue weighted by molar-refractivity contribution is 5.78. The van der Waals surface area contributed by atoms with Gasteiger partial charge in [-0.15, -0.1) is 0 Å². The Hall–Kier alpha value is -3.74. The molecule has 45 heavy (non-hydrogen) atoms. The Balaban J connectivity index is 1.40. The molecule has 0 spiro atoms. The Labute approximate surface area is 269 Å². The molecule has 0 aromatic heterocycles. The van der Waals surface area contributed by atoms with E-state index in [9.17, 15) is 0 Å². The van der Waals surface area contributed by atoms with Crippen LogP contribution in [0.25, 0.3) is 33.4 Å². The number of unbranched alkanes of at least 4 members (excludes halogenated alkanes) is 1. The highest BCUT2D eigenvalue weighted by Crippen LogP contribution is 2.36. The van der Waals surface area contributed by atoms with Crippen molar-refractivity contribution in [3.63, 3.8) is 0 Å². The van der Waals surface area contributed by atoms with E-state index in [1.54, 1.807) is 14.2 Å². The first-order valence-electron chi connectivity index (χ1n) is 16.1. The molecule has 5 nitrogen and oxygen atoms in total. The lowest BCUT2D eigenvalue weighted by molar-refractivity contribution is -0.288. The van der Waals surface area contributed by atoms with Crippen molar-refractivity contribution < 1.29 is 24.0 Å².